The third-order valence-corrected chi connectivity index (χ3v) is 11.6. The number of aromatic nitrogens is 1. The van der Waals surface area contributed by atoms with E-state index in [0.717, 1.165) is 6.42 Å². The van der Waals surface area contributed by atoms with Crippen LogP contribution >= 0.6 is 11.6 Å². The molecule has 4 aliphatic rings. The van der Waals surface area contributed by atoms with Gasteiger partial charge in [0.1, 0.15) is 11.0 Å². The zero-order valence-corrected chi connectivity index (χ0v) is 25.9. The second-order valence-corrected chi connectivity index (χ2v) is 14.5. The fraction of sp³-hybridized carbons (Fsp3) is 0.567. The van der Waals surface area contributed by atoms with Crippen molar-refractivity contribution in [2.45, 2.75) is 42.9 Å². The normalized spacial score (nSPS) is 25.8. The molecule has 3 N–H and O–H groups in total. The minimum atomic E-state index is -3.79. The summed E-state index contributed by atoms with van der Waals surface area (Å²) in [6.07, 6.45) is 2.84. The molecule has 0 bridgehead atoms. The van der Waals surface area contributed by atoms with Crippen LogP contribution in [0.1, 0.15) is 37.7 Å². The summed E-state index contributed by atoms with van der Waals surface area (Å²) in [4.78, 5) is 32.3. The zero-order chi connectivity index (χ0) is 31.2. The number of anilines is 2. The number of rotatable bonds is 10. The quantitative estimate of drug-likeness (QED) is 0.299. The number of sulfonamides is 1. The van der Waals surface area contributed by atoms with Gasteiger partial charge in [-0.1, -0.05) is 11.6 Å². The highest BCUT2D eigenvalue weighted by molar-refractivity contribution is 7.89. The molecule has 2 aliphatic carbocycles. The number of halogens is 3. The van der Waals surface area contributed by atoms with Crippen LogP contribution in [-0.2, 0) is 25.5 Å². The first-order chi connectivity index (χ1) is 21.0. The summed E-state index contributed by atoms with van der Waals surface area (Å²) in [5.74, 6) is -4.43. The number of carbonyl (C=O) groups is 2. The Kier molecular flexibility index (Phi) is 8.59. The Morgan fingerprint density at radius 2 is 1.75 bits per heavy atom. The minimum Gasteiger partial charge on any atom is -0.356 e. The molecule has 1 aromatic carbocycles. The molecule has 2 unspecified atom stereocenters. The van der Waals surface area contributed by atoms with Gasteiger partial charge in [0.2, 0.25) is 21.8 Å². The van der Waals surface area contributed by atoms with Gasteiger partial charge in [-0.2, -0.15) is 4.31 Å². The zero-order valence-electron chi connectivity index (χ0n) is 24.3. The predicted molar refractivity (Wildman–Crippen MR) is 162 cm³/mol. The number of alkyl halides is 2. The molecule has 0 radical (unpaired) electrons. The number of hydrogen-bond donors (Lipinski definition) is 2. The lowest BCUT2D eigenvalue weighted by atomic mass is 9.93. The molecule has 3 heterocycles. The Bertz CT molecular complexity index is 1510. The Morgan fingerprint density at radius 1 is 1.07 bits per heavy atom. The molecular weight excluding hydrogens is 614 g/mol. The van der Waals surface area contributed by atoms with E-state index >= 15 is 8.78 Å². The number of hydrogen-bond acceptors (Lipinski definition) is 7. The molecule has 2 aliphatic heterocycles. The Morgan fingerprint density at radius 3 is 2.36 bits per heavy atom. The lowest BCUT2D eigenvalue weighted by molar-refractivity contribution is -0.125. The van der Waals surface area contributed by atoms with Gasteiger partial charge in [-0.3, -0.25) is 9.59 Å². The van der Waals surface area contributed by atoms with Crippen molar-refractivity contribution >= 4 is 44.9 Å². The maximum Gasteiger partial charge on any atom is 0.276 e. The smallest absolute Gasteiger partial charge is 0.276 e. The first-order valence-corrected chi connectivity index (χ1v) is 17.0. The monoisotopic (exact) mass is 650 g/mol. The first kappa shape index (κ1) is 31.1. The summed E-state index contributed by atoms with van der Waals surface area (Å²) in [6, 6.07) is 8.89. The van der Waals surface area contributed by atoms with Crippen molar-refractivity contribution < 1.29 is 26.8 Å². The predicted octanol–water partition coefficient (Wildman–Crippen LogP) is 3.20. The third kappa shape index (κ3) is 5.91. The van der Waals surface area contributed by atoms with Gasteiger partial charge in [-0.05, 0) is 80.5 Å². The third-order valence-electron chi connectivity index (χ3n) is 9.50. The maximum atomic E-state index is 15.8. The molecule has 1 aromatic heterocycles. The van der Waals surface area contributed by atoms with E-state index in [9.17, 15) is 18.0 Å². The van der Waals surface area contributed by atoms with Gasteiger partial charge in [0.05, 0.1) is 4.90 Å². The maximum absolute atomic E-state index is 15.8. The molecule has 2 amide bonds. The van der Waals surface area contributed by atoms with Crippen LogP contribution < -0.4 is 20.9 Å². The van der Waals surface area contributed by atoms with Crippen LogP contribution in [0.2, 0.25) is 5.15 Å². The lowest BCUT2D eigenvalue weighted by Crippen LogP contribution is -2.49. The molecule has 2 saturated heterocycles. The number of piperazine rings is 1. The second kappa shape index (κ2) is 12.1. The van der Waals surface area contributed by atoms with E-state index in [2.05, 4.69) is 10.3 Å². The van der Waals surface area contributed by atoms with E-state index in [1.807, 2.05) is 0 Å². The first-order valence-electron chi connectivity index (χ1n) is 15.2. The Balaban J connectivity index is 1.08. The average molecular weight is 651 g/mol. The SMILES string of the molecule is NCCCNC(=O)C1CC2C(C1)C2C(F)(F)c1cc(Cl)nc(N2CCN(S(=O)(=O)c3ccc(N4CCCC4=O)cc3)CC2)c1. The summed E-state index contributed by atoms with van der Waals surface area (Å²) in [5.41, 5.74) is 5.94. The average Bonchev–Trinajstić information content (AvgIpc) is 3.29. The van der Waals surface area contributed by atoms with Crippen LogP contribution in [0.25, 0.3) is 0 Å². The van der Waals surface area contributed by atoms with Crippen LogP contribution in [0.4, 0.5) is 20.3 Å². The molecule has 14 heteroatoms. The molecule has 2 atom stereocenters. The van der Waals surface area contributed by atoms with Crippen molar-refractivity contribution in [3.05, 3.63) is 47.1 Å². The summed E-state index contributed by atoms with van der Waals surface area (Å²) in [6.45, 7) is 2.41. The van der Waals surface area contributed by atoms with Gasteiger partial charge in [0.25, 0.3) is 5.92 Å². The highest BCUT2D eigenvalue weighted by Gasteiger charge is 2.67. The summed E-state index contributed by atoms with van der Waals surface area (Å²) in [5, 5.41) is 2.80. The summed E-state index contributed by atoms with van der Waals surface area (Å²) >= 11 is 6.23. The fourth-order valence-electron chi connectivity index (χ4n) is 7.11. The van der Waals surface area contributed by atoms with Gasteiger partial charge in [0.15, 0.2) is 0 Å². The fourth-order valence-corrected chi connectivity index (χ4v) is 8.73. The van der Waals surface area contributed by atoms with Gasteiger partial charge < -0.3 is 20.9 Å². The number of nitrogens with zero attached hydrogens (tertiary/aromatic N) is 4. The number of amides is 2. The van der Waals surface area contributed by atoms with Crippen LogP contribution in [-0.4, -0.2) is 75.3 Å². The highest BCUT2D eigenvalue weighted by Crippen LogP contribution is 2.67. The largest absolute Gasteiger partial charge is 0.356 e. The molecule has 2 saturated carbocycles. The van der Waals surface area contributed by atoms with Crippen LogP contribution in [0.3, 0.4) is 0 Å². The van der Waals surface area contributed by atoms with Gasteiger partial charge in [-0.15, -0.1) is 0 Å². The second-order valence-electron chi connectivity index (χ2n) is 12.1. The van der Waals surface area contributed by atoms with Gasteiger partial charge in [0, 0.05) is 68.8 Å². The standard InChI is InChI=1S/C30H37ClF2N6O4S/c31-25-17-20(30(32,33)28-23-15-19(16-24(23)28)29(41)35-9-2-8-34)18-26(36-25)37-11-13-38(14-12-37)44(42,43)22-6-4-21(5-7-22)39-10-1-3-27(39)40/h4-7,17-19,23-24,28H,1-3,8-16,34H2,(H,35,41). The Hall–Kier alpha value is -2.87. The van der Waals surface area contributed by atoms with Gasteiger partial charge >= 0.3 is 0 Å². The molecule has 44 heavy (non-hydrogen) atoms. The molecular formula is C30H37ClF2N6O4S. The molecule has 238 valence electrons. The van der Waals surface area contributed by atoms with Crippen LogP contribution in [0.15, 0.2) is 41.3 Å². The van der Waals surface area contributed by atoms with Crippen LogP contribution in [0.5, 0.6) is 0 Å². The van der Waals surface area contributed by atoms with Crippen molar-refractivity contribution in [1.82, 2.24) is 14.6 Å². The van der Waals surface area contributed by atoms with Crippen molar-refractivity contribution in [2.24, 2.45) is 29.4 Å². The summed E-state index contributed by atoms with van der Waals surface area (Å²) < 4.78 is 59.6. The molecule has 4 fully saturated rings. The van der Waals surface area contributed by atoms with Crippen molar-refractivity contribution in [1.29, 1.82) is 0 Å². The number of carbonyl (C=O) groups excluding carboxylic acids is 2. The van der Waals surface area contributed by atoms with E-state index in [4.69, 9.17) is 17.3 Å². The van der Waals surface area contributed by atoms with E-state index in [1.54, 1.807) is 21.9 Å². The van der Waals surface area contributed by atoms with E-state index in [0.29, 0.717) is 51.0 Å². The molecule has 6 rings (SSSR count). The number of nitrogens with one attached hydrogen (secondary N) is 1. The minimum absolute atomic E-state index is 0.0275. The number of benzene rings is 1. The van der Waals surface area contributed by atoms with E-state index in [-0.39, 0.29) is 77.2 Å². The lowest BCUT2D eigenvalue weighted by Gasteiger charge is -2.35. The molecule has 0 spiro atoms. The molecule has 2 aromatic rings. The van der Waals surface area contributed by atoms with Gasteiger partial charge in [-0.25, -0.2) is 22.2 Å². The van der Waals surface area contributed by atoms with Crippen molar-refractivity contribution in [3.63, 3.8) is 0 Å². The van der Waals surface area contributed by atoms with Crippen molar-refractivity contribution in [3.8, 4) is 0 Å². The highest BCUT2D eigenvalue weighted by atomic mass is 35.5. The summed E-state index contributed by atoms with van der Waals surface area (Å²) in [7, 11) is -3.79. The molecule has 10 nitrogen and oxygen atoms in total. The number of pyridine rings is 1. The topological polar surface area (TPSA) is 129 Å². The number of nitrogens with two attached hydrogens (primary N) is 1. The van der Waals surface area contributed by atoms with E-state index in [1.165, 1.54) is 28.6 Å². The number of fused-ring (bicyclic) bond motifs is 1. The van der Waals surface area contributed by atoms with Crippen molar-refractivity contribution in [2.75, 3.05) is 55.6 Å². The van der Waals surface area contributed by atoms with Crippen LogP contribution in [0, 0.1) is 23.7 Å². The van der Waals surface area contributed by atoms with E-state index < -0.39 is 21.9 Å². The Labute approximate surface area is 261 Å².